The van der Waals surface area contributed by atoms with Gasteiger partial charge in [-0.15, -0.1) is 0 Å². The Balaban J connectivity index is 2.09. The van der Waals surface area contributed by atoms with E-state index in [1.807, 2.05) is 5.06 Å². The highest BCUT2D eigenvalue weighted by Gasteiger charge is 2.51. The zero-order valence-electron chi connectivity index (χ0n) is 11.6. The van der Waals surface area contributed by atoms with E-state index in [4.69, 9.17) is 14.3 Å². The minimum absolute atomic E-state index is 0.0309. The van der Waals surface area contributed by atoms with Crippen LogP contribution in [0.15, 0.2) is 0 Å². The lowest BCUT2D eigenvalue weighted by Crippen LogP contribution is -2.42. The summed E-state index contributed by atoms with van der Waals surface area (Å²) < 4.78 is 9.85. The Bertz CT molecular complexity index is 311. The summed E-state index contributed by atoms with van der Waals surface area (Å²) in [4.78, 5) is 17.8. The molecule has 6 heteroatoms. The lowest BCUT2D eigenvalue weighted by Gasteiger charge is -2.28. The molecule has 0 aromatic carbocycles. The van der Waals surface area contributed by atoms with Crippen molar-refractivity contribution in [3.05, 3.63) is 0 Å². The Kier molecular flexibility index (Phi) is 5.15. The van der Waals surface area contributed by atoms with Crippen LogP contribution in [0.1, 0.15) is 25.7 Å². The van der Waals surface area contributed by atoms with Gasteiger partial charge in [0, 0.05) is 20.3 Å². The normalized spacial score (nSPS) is 32.9. The van der Waals surface area contributed by atoms with Gasteiger partial charge in [-0.3, -0.25) is 9.63 Å². The summed E-state index contributed by atoms with van der Waals surface area (Å²) >= 11 is 0. The predicted octanol–water partition coefficient (Wildman–Crippen LogP) is 0.341. The quantitative estimate of drug-likeness (QED) is 0.729. The molecule has 0 aliphatic carbocycles. The molecule has 2 fully saturated rings. The first-order valence-corrected chi connectivity index (χ1v) is 6.87. The number of ether oxygens (including phenoxy) is 2. The first-order valence-electron chi connectivity index (χ1n) is 6.87. The van der Waals surface area contributed by atoms with Gasteiger partial charge in [0.25, 0.3) is 0 Å². The van der Waals surface area contributed by atoms with Crippen LogP contribution in [0.2, 0.25) is 0 Å². The number of carbonyl (C=O) groups is 1. The SMILES string of the molecule is COCC[C@H](O)[C@@H]1ON2CCCC[C@@H]2[C@H]1C(=O)OC. The minimum atomic E-state index is -0.713. The van der Waals surface area contributed by atoms with Crippen molar-refractivity contribution in [2.75, 3.05) is 27.4 Å². The number of carbonyl (C=O) groups excluding carboxylic acids is 1. The van der Waals surface area contributed by atoms with Crippen molar-refractivity contribution in [1.29, 1.82) is 0 Å². The lowest BCUT2D eigenvalue weighted by molar-refractivity contribution is -0.195. The van der Waals surface area contributed by atoms with Crippen molar-refractivity contribution in [3.63, 3.8) is 0 Å². The summed E-state index contributed by atoms with van der Waals surface area (Å²) in [6.07, 6.45) is 2.27. The van der Waals surface area contributed by atoms with Gasteiger partial charge in [0.1, 0.15) is 12.0 Å². The summed E-state index contributed by atoms with van der Waals surface area (Å²) in [6.45, 7) is 1.26. The molecule has 2 rings (SSSR count). The van der Waals surface area contributed by atoms with Gasteiger partial charge in [-0.25, -0.2) is 0 Å². The van der Waals surface area contributed by atoms with E-state index in [9.17, 15) is 9.90 Å². The molecule has 0 bridgehead atoms. The van der Waals surface area contributed by atoms with Gasteiger partial charge in [0.05, 0.1) is 19.3 Å². The molecule has 2 aliphatic rings. The molecule has 2 saturated heterocycles. The average molecular weight is 273 g/mol. The first kappa shape index (κ1) is 14.7. The zero-order valence-corrected chi connectivity index (χ0v) is 11.6. The van der Waals surface area contributed by atoms with Crippen molar-refractivity contribution in [2.24, 2.45) is 5.92 Å². The highest BCUT2D eigenvalue weighted by molar-refractivity contribution is 5.74. The van der Waals surface area contributed by atoms with Crippen molar-refractivity contribution in [2.45, 2.75) is 43.9 Å². The number of aliphatic hydroxyl groups is 1. The van der Waals surface area contributed by atoms with Crippen LogP contribution in [0.3, 0.4) is 0 Å². The van der Waals surface area contributed by atoms with E-state index >= 15 is 0 Å². The summed E-state index contributed by atoms with van der Waals surface area (Å²) in [6, 6.07) is 0.0309. The Hall–Kier alpha value is -0.690. The molecule has 2 heterocycles. The average Bonchev–Trinajstić information content (AvgIpc) is 2.83. The molecular weight excluding hydrogens is 250 g/mol. The minimum Gasteiger partial charge on any atom is -0.469 e. The number of aliphatic hydroxyl groups excluding tert-OH is 1. The Labute approximate surface area is 113 Å². The van der Waals surface area contributed by atoms with Crippen LogP contribution in [0.5, 0.6) is 0 Å². The third-order valence-electron chi connectivity index (χ3n) is 3.99. The number of hydrogen-bond donors (Lipinski definition) is 1. The third kappa shape index (κ3) is 3.08. The summed E-state index contributed by atoms with van der Waals surface area (Å²) in [5.74, 6) is -0.701. The largest absolute Gasteiger partial charge is 0.469 e. The number of nitrogens with zero attached hydrogens (tertiary/aromatic N) is 1. The van der Waals surface area contributed by atoms with Crippen LogP contribution in [0.25, 0.3) is 0 Å². The maximum Gasteiger partial charge on any atom is 0.313 e. The van der Waals surface area contributed by atoms with E-state index in [0.717, 1.165) is 25.8 Å². The van der Waals surface area contributed by atoms with Crippen molar-refractivity contribution < 1.29 is 24.2 Å². The van der Waals surface area contributed by atoms with E-state index in [1.165, 1.54) is 7.11 Å². The summed E-state index contributed by atoms with van der Waals surface area (Å²) in [5.41, 5.74) is 0. The fourth-order valence-corrected chi connectivity index (χ4v) is 3.00. The van der Waals surface area contributed by atoms with Crippen LogP contribution < -0.4 is 0 Å². The molecule has 0 saturated carbocycles. The fourth-order valence-electron chi connectivity index (χ4n) is 3.00. The maximum atomic E-state index is 12.0. The molecule has 110 valence electrons. The summed E-state index contributed by atoms with van der Waals surface area (Å²) in [7, 11) is 2.97. The number of piperidine rings is 1. The molecule has 0 spiro atoms. The van der Waals surface area contributed by atoms with Crippen LogP contribution in [0.4, 0.5) is 0 Å². The zero-order chi connectivity index (χ0) is 13.8. The molecule has 0 radical (unpaired) electrons. The van der Waals surface area contributed by atoms with Crippen LogP contribution in [0, 0.1) is 5.92 Å². The third-order valence-corrected chi connectivity index (χ3v) is 3.99. The van der Waals surface area contributed by atoms with Gasteiger partial charge in [-0.2, -0.15) is 5.06 Å². The molecule has 0 unspecified atom stereocenters. The molecule has 4 atom stereocenters. The van der Waals surface area contributed by atoms with E-state index in [2.05, 4.69) is 0 Å². The predicted molar refractivity (Wildman–Crippen MR) is 67.2 cm³/mol. The summed E-state index contributed by atoms with van der Waals surface area (Å²) in [5, 5.41) is 12.1. The van der Waals surface area contributed by atoms with Crippen LogP contribution in [-0.4, -0.2) is 61.8 Å². The molecular formula is C13H23NO5. The van der Waals surface area contributed by atoms with Crippen LogP contribution in [-0.2, 0) is 19.1 Å². The van der Waals surface area contributed by atoms with Gasteiger partial charge in [-0.05, 0) is 19.3 Å². The van der Waals surface area contributed by atoms with Gasteiger partial charge in [0.15, 0.2) is 0 Å². The molecule has 0 amide bonds. The Morgan fingerprint density at radius 3 is 2.95 bits per heavy atom. The van der Waals surface area contributed by atoms with E-state index in [1.54, 1.807) is 7.11 Å². The second-order valence-electron chi connectivity index (χ2n) is 5.17. The lowest BCUT2D eigenvalue weighted by atomic mass is 9.86. The van der Waals surface area contributed by atoms with Crippen molar-refractivity contribution >= 4 is 5.97 Å². The topological polar surface area (TPSA) is 68.2 Å². The molecule has 0 aromatic heterocycles. The first-order chi connectivity index (χ1) is 9.19. The highest BCUT2D eigenvalue weighted by Crippen LogP contribution is 2.36. The van der Waals surface area contributed by atoms with Gasteiger partial charge >= 0.3 is 5.97 Å². The standard InChI is InChI=1S/C13H23NO5/c1-17-8-6-10(15)12-11(13(16)18-2)9-5-3-4-7-14(9)19-12/h9-12,15H,3-8H2,1-2H3/t9-,10+,11-,12+/m1/s1. The fraction of sp³-hybridized carbons (Fsp3) is 0.923. The highest BCUT2D eigenvalue weighted by atomic mass is 16.7. The number of esters is 1. The number of hydrogen-bond acceptors (Lipinski definition) is 6. The maximum absolute atomic E-state index is 12.0. The molecule has 1 N–H and O–H groups in total. The Morgan fingerprint density at radius 2 is 2.26 bits per heavy atom. The van der Waals surface area contributed by atoms with Gasteiger partial charge < -0.3 is 14.6 Å². The van der Waals surface area contributed by atoms with E-state index < -0.39 is 18.1 Å². The molecule has 6 nitrogen and oxygen atoms in total. The Morgan fingerprint density at radius 1 is 1.47 bits per heavy atom. The second-order valence-corrected chi connectivity index (χ2v) is 5.17. The molecule has 2 aliphatic heterocycles. The second kappa shape index (κ2) is 6.65. The monoisotopic (exact) mass is 273 g/mol. The van der Waals surface area contributed by atoms with Gasteiger partial charge in [-0.1, -0.05) is 6.42 Å². The number of rotatable bonds is 5. The van der Waals surface area contributed by atoms with Crippen LogP contribution >= 0.6 is 0 Å². The van der Waals surface area contributed by atoms with E-state index in [-0.39, 0.29) is 12.0 Å². The van der Waals surface area contributed by atoms with Crippen molar-refractivity contribution in [3.8, 4) is 0 Å². The van der Waals surface area contributed by atoms with Gasteiger partial charge in [0.2, 0.25) is 0 Å². The number of hydroxylamine groups is 2. The molecule has 19 heavy (non-hydrogen) atoms. The molecule has 0 aromatic rings. The number of fused-ring (bicyclic) bond motifs is 1. The smallest absolute Gasteiger partial charge is 0.313 e. The van der Waals surface area contributed by atoms with E-state index in [0.29, 0.717) is 13.0 Å². The number of methoxy groups -OCH3 is 2. The van der Waals surface area contributed by atoms with Crippen molar-refractivity contribution in [1.82, 2.24) is 5.06 Å².